The van der Waals surface area contributed by atoms with Crippen LogP contribution >= 0.6 is 7.26 Å². The predicted molar refractivity (Wildman–Crippen MR) is 109 cm³/mol. The molecule has 1 saturated heterocycles. The fourth-order valence-corrected chi connectivity index (χ4v) is 7.21. The zero-order valence-electron chi connectivity index (χ0n) is 15.6. The molecule has 1 aliphatic rings. The molecule has 0 aliphatic carbocycles. The van der Waals surface area contributed by atoms with Crippen LogP contribution in [0, 0.1) is 5.92 Å². The Morgan fingerprint density at radius 3 is 2.19 bits per heavy atom. The van der Waals surface area contributed by atoms with Crippen LogP contribution in [0.15, 0.2) is 60.7 Å². The van der Waals surface area contributed by atoms with E-state index < -0.39 is 7.26 Å². The van der Waals surface area contributed by atoms with Gasteiger partial charge in [0.05, 0.1) is 42.7 Å². The summed E-state index contributed by atoms with van der Waals surface area (Å²) < 4.78 is 11.1. The zero-order valence-corrected chi connectivity index (χ0v) is 16.5. The summed E-state index contributed by atoms with van der Waals surface area (Å²) in [5.74, 6) is -0.256. The lowest BCUT2D eigenvalue weighted by molar-refractivity contribution is -0.150. The topological polar surface area (TPSA) is 35.5 Å². The van der Waals surface area contributed by atoms with Crippen molar-refractivity contribution < 1.29 is 14.3 Å². The number of benzene rings is 2. The second-order valence-electron chi connectivity index (χ2n) is 7.21. The first-order valence-corrected chi connectivity index (χ1v) is 11.8. The van der Waals surface area contributed by atoms with E-state index in [9.17, 15) is 4.79 Å². The number of hydrogen-bond acceptors (Lipinski definition) is 3. The Balaban J connectivity index is 1.74. The predicted octanol–water partition coefficient (Wildman–Crippen LogP) is 3.64. The van der Waals surface area contributed by atoms with Gasteiger partial charge in [0.15, 0.2) is 0 Å². The Hall–Kier alpha value is -1.70. The number of hydrogen-bond donors (Lipinski definition) is 0. The third-order valence-electron chi connectivity index (χ3n) is 5.13. The molecule has 2 aromatic rings. The number of carbonyl (C=O) groups is 1. The van der Waals surface area contributed by atoms with Crippen LogP contribution in [-0.2, 0) is 14.3 Å². The summed E-state index contributed by atoms with van der Waals surface area (Å²) in [5, 5.41) is 2.65. The van der Waals surface area contributed by atoms with Crippen LogP contribution in [0.1, 0.15) is 19.8 Å². The Labute approximate surface area is 157 Å². The average Bonchev–Trinajstić information content (AvgIpc) is 3.21. The summed E-state index contributed by atoms with van der Waals surface area (Å²) in [5.41, 5.74) is 0. The van der Waals surface area contributed by atoms with Gasteiger partial charge in [-0.2, -0.15) is 0 Å². The molecule has 0 saturated carbocycles. The van der Waals surface area contributed by atoms with Gasteiger partial charge in [-0.15, -0.1) is 0 Å². The minimum absolute atomic E-state index is 0.0792. The first kappa shape index (κ1) is 19.1. The molecule has 0 bridgehead atoms. The molecule has 0 aromatic heterocycles. The summed E-state index contributed by atoms with van der Waals surface area (Å²) in [4.78, 5) is 12.6. The molecule has 3 nitrogen and oxygen atoms in total. The van der Waals surface area contributed by atoms with Gasteiger partial charge in [-0.25, -0.2) is 0 Å². The highest BCUT2D eigenvalue weighted by molar-refractivity contribution is 7.88. The van der Waals surface area contributed by atoms with Gasteiger partial charge in [-0.05, 0) is 44.0 Å². The van der Waals surface area contributed by atoms with E-state index in [1.165, 1.54) is 10.6 Å². The second-order valence-corrected chi connectivity index (χ2v) is 11.0. The van der Waals surface area contributed by atoms with Crippen molar-refractivity contribution in [2.75, 3.05) is 26.0 Å². The maximum atomic E-state index is 12.6. The maximum Gasteiger partial charge on any atom is 0.312 e. The molecule has 2 atom stereocenters. The fraction of sp³-hybridized carbons (Fsp3) is 0.409. The average molecular weight is 371 g/mol. The van der Waals surface area contributed by atoms with E-state index in [-0.39, 0.29) is 18.0 Å². The van der Waals surface area contributed by atoms with E-state index in [0.717, 1.165) is 25.6 Å². The van der Waals surface area contributed by atoms with Crippen molar-refractivity contribution in [2.24, 2.45) is 5.92 Å². The molecule has 138 valence electrons. The Morgan fingerprint density at radius 1 is 1.12 bits per heavy atom. The molecule has 26 heavy (non-hydrogen) atoms. The highest BCUT2D eigenvalue weighted by atomic mass is 31.2. The summed E-state index contributed by atoms with van der Waals surface area (Å²) >= 11 is 0. The third kappa shape index (κ3) is 4.52. The van der Waals surface area contributed by atoms with Gasteiger partial charge in [-0.3, -0.25) is 4.79 Å². The number of rotatable bonds is 7. The lowest BCUT2D eigenvalue weighted by Crippen LogP contribution is -2.30. The molecule has 0 radical (unpaired) electrons. The van der Waals surface area contributed by atoms with Gasteiger partial charge in [0, 0.05) is 6.61 Å². The van der Waals surface area contributed by atoms with Crippen LogP contribution in [0.3, 0.4) is 0 Å². The number of ether oxygens (including phenoxy) is 2. The minimum Gasteiger partial charge on any atom is -0.463 e. The molecular formula is C22H28O3P+. The molecular weight excluding hydrogens is 343 g/mol. The van der Waals surface area contributed by atoms with E-state index in [1.54, 1.807) is 0 Å². The highest BCUT2D eigenvalue weighted by Crippen LogP contribution is 2.54. The van der Waals surface area contributed by atoms with Gasteiger partial charge >= 0.3 is 5.97 Å². The summed E-state index contributed by atoms with van der Waals surface area (Å²) in [6.07, 6.45) is 2.94. The van der Waals surface area contributed by atoms with Gasteiger partial charge in [0.2, 0.25) is 0 Å². The van der Waals surface area contributed by atoms with Crippen molar-refractivity contribution in [1.82, 2.24) is 0 Å². The van der Waals surface area contributed by atoms with Crippen LogP contribution in [0.2, 0.25) is 0 Å². The lowest BCUT2D eigenvalue weighted by atomic mass is 10.2. The van der Waals surface area contributed by atoms with Crippen LogP contribution in [0.25, 0.3) is 0 Å². The molecule has 2 aromatic carbocycles. The molecule has 0 N–H and O–H groups in total. The maximum absolute atomic E-state index is 12.6. The van der Waals surface area contributed by atoms with E-state index >= 15 is 0 Å². The van der Waals surface area contributed by atoms with Gasteiger partial charge < -0.3 is 9.47 Å². The van der Waals surface area contributed by atoms with Crippen LogP contribution in [-0.4, -0.2) is 38.1 Å². The van der Waals surface area contributed by atoms with Crippen molar-refractivity contribution in [1.29, 1.82) is 0 Å². The second kappa shape index (κ2) is 8.79. The number of esters is 1. The zero-order chi connectivity index (χ0) is 18.4. The first-order chi connectivity index (χ1) is 12.6. The molecule has 1 fully saturated rings. The van der Waals surface area contributed by atoms with E-state index in [1.807, 2.05) is 19.1 Å². The molecule has 4 heteroatoms. The first-order valence-electron chi connectivity index (χ1n) is 9.34. The lowest BCUT2D eigenvalue weighted by Gasteiger charge is -2.25. The largest absolute Gasteiger partial charge is 0.463 e. The standard InChI is InChI=1S/C22H28O3P/c1-18(22(23)25-16-19-10-9-15-24-19)17-26(2,20-11-5-3-6-12-20)21-13-7-4-8-14-21/h3-8,11-14,18-19H,9-10,15-17H2,1-2H3/q+1. The van der Waals surface area contributed by atoms with Crippen molar-refractivity contribution >= 4 is 23.8 Å². The molecule has 0 amide bonds. The SMILES string of the molecule is CC(C[P+](C)(c1ccccc1)c1ccccc1)C(=O)OCC1CCCO1. The third-order valence-corrected chi connectivity index (χ3v) is 9.28. The fourth-order valence-electron chi connectivity index (χ4n) is 3.59. The molecule has 1 aliphatic heterocycles. The van der Waals surface area contributed by atoms with Crippen molar-refractivity contribution in [3.63, 3.8) is 0 Å². The molecule has 2 unspecified atom stereocenters. The quantitative estimate of drug-likeness (QED) is 0.551. The Morgan fingerprint density at radius 2 is 1.69 bits per heavy atom. The summed E-state index contributed by atoms with van der Waals surface area (Å²) in [6, 6.07) is 21.1. The van der Waals surface area contributed by atoms with Crippen molar-refractivity contribution in [3.8, 4) is 0 Å². The molecule has 0 spiro atoms. The van der Waals surface area contributed by atoms with Gasteiger partial charge in [0.25, 0.3) is 0 Å². The van der Waals surface area contributed by atoms with E-state index in [0.29, 0.717) is 6.61 Å². The van der Waals surface area contributed by atoms with Gasteiger partial charge in [0.1, 0.15) is 6.61 Å². The Kier molecular flexibility index (Phi) is 6.45. The van der Waals surface area contributed by atoms with Crippen LogP contribution in [0.4, 0.5) is 0 Å². The highest BCUT2D eigenvalue weighted by Gasteiger charge is 2.41. The van der Waals surface area contributed by atoms with E-state index in [2.05, 4.69) is 55.2 Å². The van der Waals surface area contributed by atoms with Gasteiger partial charge in [-0.1, -0.05) is 36.4 Å². The molecule has 3 rings (SSSR count). The van der Waals surface area contributed by atoms with E-state index in [4.69, 9.17) is 9.47 Å². The summed E-state index contributed by atoms with van der Waals surface area (Å²) in [6.45, 7) is 5.47. The van der Waals surface area contributed by atoms with Crippen molar-refractivity contribution in [3.05, 3.63) is 60.7 Å². The summed E-state index contributed by atoms with van der Waals surface area (Å²) in [7, 11) is -1.67. The molecule has 1 heterocycles. The number of carbonyl (C=O) groups excluding carboxylic acids is 1. The van der Waals surface area contributed by atoms with Crippen LogP contribution in [0.5, 0.6) is 0 Å². The van der Waals surface area contributed by atoms with Crippen LogP contribution < -0.4 is 10.6 Å². The van der Waals surface area contributed by atoms with Crippen molar-refractivity contribution in [2.45, 2.75) is 25.9 Å². The minimum atomic E-state index is -1.67. The Bertz CT molecular complexity index is 656. The normalized spacial score (nSPS) is 18.5. The monoisotopic (exact) mass is 371 g/mol. The smallest absolute Gasteiger partial charge is 0.312 e.